The van der Waals surface area contributed by atoms with E-state index in [0.29, 0.717) is 5.76 Å². The molecule has 2 aromatic rings. The van der Waals surface area contributed by atoms with E-state index in [0.717, 1.165) is 11.4 Å². The fourth-order valence-corrected chi connectivity index (χ4v) is 2.09. The summed E-state index contributed by atoms with van der Waals surface area (Å²) >= 11 is 0. The first-order chi connectivity index (χ1) is 10.0. The third-order valence-electron chi connectivity index (χ3n) is 3.20. The van der Waals surface area contributed by atoms with Crippen molar-refractivity contribution in [3.63, 3.8) is 0 Å². The lowest BCUT2D eigenvalue weighted by atomic mass is 10.2. The molecule has 1 aromatic heterocycles. The van der Waals surface area contributed by atoms with Gasteiger partial charge in [0.2, 0.25) is 5.76 Å². The number of carbonyl (C=O) groups excluding carboxylic acids is 1. The maximum atomic E-state index is 11.4. The van der Waals surface area contributed by atoms with E-state index in [1.807, 2.05) is 50.2 Å². The quantitative estimate of drug-likeness (QED) is 0.855. The molecule has 1 unspecified atom stereocenters. The van der Waals surface area contributed by atoms with E-state index in [4.69, 9.17) is 4.42 Å². The Hall–Kier alpha value is -2.43. The van der Waals surface area contributed by atoms with Crippen molar-refractivity contribution in [3.05, 3.63) is 47.9 Å². The average molecular weight is 288 g/mol. The van der Waals surface area contributed by atoms with E-state index in [1.165, 1.54) is 7.11 Å². The van der Waals surface area contributed by atoms with Crippen LogP contribution >= 0.6 is 0 Å². The molecule has 2 rings (SSSR count). The minimum atomic E-state index is -0.470. The van der Waals surface area contributed by atoms with E-state index in [2.05, 4.69) is 10.1 Å². The Bertz CT molecular complexity index is 619. The zero-order valence-corrected chi connectivity index (χ0v) is 12.7. The number of hydrogen-bond acceptors (Lipinski definition) is 5. The van der Waals surface area contributed by atoms with Crippen molar-refractivity contribution in [2.75, 3.05) is 31.4 Å². The van der Waals surface area contributed by atoms with E-state index in [9.17, 15) is 4.79 Å². The molecule has 5 heteroatoms. The van der Waals surface area contributed by atoms with Gasteiger partial charge in [-0.05, 0) is 31.2 Å². The summed E-state index contributed by atoms with van der Waals surface area (Å²) in [5.74, 6) is 0.424. The summed E-state index contributed by atoms with van der Waals surface area (Å²) in [5.41, 5.74) is 2.09. The normalized spacial score (nSPS) is 11.8. The minimum Gasteiger partial charge on any atom is -0.463 e. The number of furan rings is 1. The van der Waals surface area contributed by atoms with Crippen LogP contribution in [0.25, 0.3) is 0 Å². The van der Waals surface area contributed by atoms with E-state index in [1.54, 1.807) is 12.1 Å². The SMILES string of the molecule is COC(=O)c1ccc(C(C)Nc2ccccc2N(C)C)o1. The van der Waals surface area contributed by atoms with E-state index < -0.39 is 5.97 Å². The first-order valence-corrected chi connectivity index (χ1v) is 6.74. The fourth-order valence-electron chi connectivity index (χ4n) is 2.09. The highest BCUT2D eigenvalue weighted by molar-refractivity contribution is 5.86. The van der Waals surface area contributed by atoms with Crippen molar-refractivity contribution in [1.29, 1.82) is 0 Å². The molecule has 0 saturated carbocycles. The van der Waals surface area contributed by atoms with Crippen molar-refractivity contribution in [1.82, 2.24) is 0 Å². The molecule has 0 saturated heterocycles. The summed E-state index contributed by atoms with van der Waals surface area (Å²) in [7, 11) is 5.32. The van der Waals surface area contributed by atoms with Crippen LogP contribution in [0.2, 0.25) is 0 Å². The van der Waals surface area contributed by atoms with Crippen molar-refractivity contribution in [2.45, 2.75) is 13.0 Å². The van der Waals surface area contributed by atoms with Gasteiger partial charge in [-0.15, -0.1) is 0 Å². The Morgan fingerprint density at radius 2 is 1.95 bits per heavy atom. The van der Waals surface area contributed by atoms with Gasteiger partial charge in [-0.1, -0.05) is 12.1 Å². The average Bonchev–Trinajstić information content (AvgIpc) is 2.96. The Labute approximate surface area is 124 Å². The summed E-state index contributed by atoms with van der Waals surface area (Å²) < 4.78 is 10.2. The Kier molecular flexibility index (Phi) is 4.52. The van der Waals surface area contributed by atoms with Crippen LogP contribution in [0.3, 0.4) is 0 Å². The van der Waals surface area contributed by atoms with Crippen LogP contribution < -0.4 is 10.2 Å². The largest absolute Gasteiger partial charge is 0.463 e. The van der Waals surface area contributed by atoms with Gasteiger partial charge >= 0.3 is 5.97 Å². The number of nitrogens with one attached hydrogen (secondary N) is 1. The van der Waals surface area contributed by atoms with Crippen LogP contribution in [0.4, 0.5) is 11.4 Å². The fraction of sp³-hybridized carbons (Fsp3) is 0.312. The van der Waals surface area contributed by atoms with Crippen LogP contribution in [0.1, 0.15) is 29.3 Å². The first-order valence-electron chi connectivity index (χ1n) is 6.74. The van der Waals surface area contributed by atoms with Crippen LogP contribution in [-0.2, 0) is 4.74 Å². The van der Waals surface area contributed by atoms with Crippen molar-refractivity contribution >= 4 is 17.3 Å². The molecule has 0 aliphatic carbocycles. The number of para-hydroxylation sites is 2. The second-order valence-corrected chi connectivity index (χ2v) is 4.97. The number of carbonyl (C=O) groups is 1. The van der Waals surface area contributed by atoms with Crippen molar-refractivity contribution < 1.29 is 13.9 Å². The predicted octanol–water partition coefficient (Wildman–Crippen LogP) is 3.31. The first kappa shape index (κ1) is 15.0. The second-order valence-electron chi connectivity index (χ2n) is 4.97. The van der Waals surface area contributed by atoms with Crippen LogP contribution in [-0.4, -0.2) is 27.2 Å². The molecule has 1 heterocycles. The molecular formula is C16H20N2O3. The molecule has 112 valence electrons. The van der Waals surface area contributed by atoms with Gasteiger partial charge in [0.05, 0.1) is 24.5 Å². The number of esters is 1. The molecular weight excluding hydrogens is 268 g/mol. The smallest absolute Gasteiger partial charge is 0.373 e. The van der Waals surface area contributed by atoms with Crippen LogP contribution in [0.15, 0.2) is 40.8 Å². The number of rotatable bonds is 5. The van der Waals surface area contributed by atoms with Gasteiger partial charge in [-0.3, -0.25) is 0 Å². The van der Waals surface area contributed by atoms with Gasteiger partial charge in [0.15, 0.2) is 0 Å². The minimum absolute atomic E-state index is 0.0653. The van der Waals surface area contributed by atoms with Crippen LogP contribution in [0.5, 0.6) is 0 Å². The topological polar surface area (TPSA) is 54.7 Å². The molecule has 1 N–H and O–H groups in total. The molecule has 1 atom stereocenters. The Morgan fingerprint density at radius 3 is 2.62 bits per heavy atom. The lowest BCUT2D eigenvalue weighted by Gasteiger charge is -2.20. The number of nitrogens with zero attached hydrogens (tertiary/aromatic N) is 1. The van der Waals surface area contributed by atoms with Crippen LogP contribution in [0, 0.1) is 0 Å². The summed E-state index contributed by atoms with van der Waals surface area (Å²) in [6, 6.07) is 11.4. The number of benzene rings is 1. The lowest BCUT2D eigenvalue weighted by molar-refractivity contribution is 0.0562. The zero-order valence-electron chi connectivity index (χ0n) is 12.7. The van der Waals surface area contributed by atoms with Gasteiger partial charge in [-0.25, -0.2) is 4.79 Å². The Morgan fingerprint density at radius 1 is 1.24 bits per heavy atom. The molecule has 0 amide bonds. The molecule has 0 bridgehead atoms. The standard InChI is InChI=1S/C16H20N2O3/c1-11(14-9-10-15(21-14)16(19)20-4)17-12-7-5-6-8-13(12)18(2)3/h5-11,17H,1-4H3. The highest BCUT2D eigenvalue weighted by Gasteiger charge is 2.16. The summed E-state index contributed by atoms with van der Waals surface area (Å²) in [5, 5.41) is 3.39. The number of ether oxygens (including phenoxy) is 1. The van der Waals surface area contributed by atoms with E-state index >= 15 is 0 Å². The highest BCUT2D eigenvalue weighted by Crippen LogP contribution is 2.28. The van der Waals surface area contributed by atoms with E-state index in [-0.39, 0.29) is 11.8 Å². The molecule has 0 aliphatic heterocycles. The highest BCUT2D eigenvalue weighted by atomic mass is 16.5. The maximum Gasteiger partial charge on any atom is 0.373 e. The van der Waals surface area contributed by atoms with Gasteiger partial charge in [0.1, 0.15) is 5.76 Å². The molecule has 21 heavy (non-hydrogen) atoms. The monoisotopic (exact) mass is 288 g/mol. The van der Waals surface area contributed by atoms with Gasteiger partial charge in [0.25, 0.3) is 0 Å². The third-order valence-corrected chi connectivity index (χ3v) is 3.20. The van der Waals surface area contributed by atoms with Gasteiger partial charge in [-0.2, -0.15) is 0 Å². The number of hydrogen-bond donors (Lipinski definition) is 1. The van der Waals surface area contributed by atoms with Gasteiger partial charge in [0, 0.05) is 14.1 Å². The molecule has 1 aromatic carbocycles. The van der Waals surface area contributed by atoms with Gasteiger partial charge < -0.3 is 19.4 Å². The molecule has 5 nitrogen and oxygen atoms in total. The lowest BCUT2D eigenvalue weighted by Crippen LogP contribution is -2.13. The molecule has 0 spiro atoms. The Balaban J connectivity index is 2.16. The predicted molar refractivity (Wildman–Crippen MR) is 82.9 cm³/mol. The second kappa shape index (κ2) is 6.35. The van der Waals surface area contributed by atoms with Crippen molar-refractivity contribution in [3.8, 4) is 0 Å². The number of anilines is 2. The summed E-state index contributed by atoms with van der Waals surface area (Å²) in [4.78, 5) is 13.4. The third kappa shape index (κ3) is 3.37. The van der Waals surface area contributed by atoms with Crippen molar-refractivity contribution in [2.24, 2.45) is 0 Å². The molecule has 0 radical (unpaired) electrons. The summed E-state index contributed by atoms with van der Waals surface area (Å²) in [6.45, 7) is 1.98. The maximum absolute atomic E-state index is 11.4. The molecule has 0 aliphatic rings. The molecule has 0 fully saturated rings. The number of methoxy groups -OCH3 is 1. The summed E-state index contributed by atoms with van der Waals surface area (Å²) in [6.07, 6.45) is 0. The zero-order chi connectivity index (χ0) is 15.4.